The summed E-state index contributed by atoms with van der Waals surface area (Å²) in [6.45, 7) is 3.88. The molecule has 1 amide bonds. The van der Waals surface area contributed by atoms with Crippen molar-refractivity contribution in [3.63, 3.8) is 0 Å². The number of amides is 1. The van der Waals surface area contributed by atoms with Crippen molar-refractivity contribution in [2.45, 2.75) is 58.4 Å². The molecule has 6 heteroatoms. The lowest BCUT2D eigenvalue weighted by Crippen LogP contribution is -2.32. The number of fused-ring (bicyclic) bond motifs is 1. The van der Waals surface area contributed by atoms with Crippen molar-refractivity contribution in [3.05, 3.63) is 28.7 Å². The van der Waals surface area contributed by atoms with E-state index in [0.717, 1.165) is 29.8 Å². The molecular formula is C17H21N5O. The lowest BCUT2D eigenvalue weighted by Gasteiger charge is -2.14. The van der Waals surface area contributed by atoms with Crippen LogP contribution in [0.1, 0.15) is 54.6 Å². The van der Waals surface area contributed by atoms with Gasteiger partial charge in [-0.2, -0.15) is 10.4 Å². The number of nitrogens with one attached hydrogen (secondary N) is 1. The molecule has 0 aromatic carbocycles. The summed E-state index contributed by atoms with van der Waals surface area (Å²) in [6, 6.07) is 2.46. The summed E-state index contributed by atoms with van der Waals surface area (Å²) in [7, 11) is 0. The predicted molar refractivity (Wildman–Crippen MR) is 85.9 cm³/mol. The Morgan fingerprint density at radius 3 is 2.87 bits per heavy atom. The fourth-order valence-corrected chi connectivity index (χ4v) is 3.36. The van der Waals surface area contributed by atoms with Gasteiger partial charge in [0.1, 0.15) is 11.6 Å². The number of nitrogens with zero attached hydrogens (tertiary/aromatic N) is 4. The Hall–Kier alpha value is -2.42. The van der Waals surface area contributed by atoms with Crippen LogP contribution in [0, 0.1) is 25.2 Å². The number of hydrogen-bond donors (Lipinski definition) is 1. The molecule has 0 spiro atoms. The highest BCUT2D eigenvalue weighted by atomic mass is 16.1. The summed E-state index contributed by atoms with van der Waals surface area (Å²) in [4.78, 5) is 16.6. The molecule has 2 aromatic rings. The molecule has 1 N–H and O–H groups in total. The Balaban J connectivity index is 1.75. The second-order valence-corrected chi connectivity index (χ2v) is 6.22. The zero-order valence-corrected chi connectivity index (χ0v) is 13.6. The minimum atomic E-state index is 0.106. The third-order valence-corrected chi connectivity index (χ3v) is 4.65. The molecule has 0 saturated heterocycles. The van der Waals surface area contributed by atoms with E-state index in [1.165, 1.54) is 19.0 Å². The van der Waals surface area contributed by atoms with Gasteiger partial charge in [0, 0.05) is 23.9 Å². The van der Waals surface area contributed by atoms with Gasteiger partial charge in [0.15, 0.2) is 5.65 Å². The Bertz CT molecular complexity index is 780. The molecule has 2 heterocycles. The van der Waals surface area contributed by atoms with Crippen LogP contribution in [0.15, 0.2) is 6.20 Å². The minimum absolute atomic E-state index is 0.106. The van der Waals surface area contributed by atoms with Crippen LogP contribution in [0.25, 0.3) is 5.65 Å². The smallest absolute Gasteiger partial charge is 0.220 e. The van der Waals surface area contributed by atoms with Crippen molar-refractivity contribution in [2.75, 3.05) is 0 Å². The second-order valence-electron chi connectivity index (χ2n) is 6.22. The van der Waals surface area contributed by atoms with E-state index in [-0.39, 0.29) is 5.91 Å². The highest BCUT2D eigenvalue weighted by molar-refractivity contribution is 5.76. The molecular weight excluding hydrogens is 290 g/mol. The minimum Gasteiger partial charge on any atom is -0.353 e. The highest BCUT2D eigenvalue weighted by Gasteiger charge is 2.18. The van der Waals surface area contributed by atoms with Crippen LogP contribution in [0.4, 0.5) is 0 Å². The topological polar surface area (TPSA) is 83.1 Å². The third kappa shape index (κ3) is 3.04. The first kappa shape index (κ1) is 15.5. The molecule has 0 atom stereocenters. The lowest BCUT2D eigenvalue weighted by molar-refractivity contribution is -0.121. The molecule has 1 aliphatic rings. The van der Waals surface area contributed by atoms with E-state index < -0.39 is 0 Å². The van der Waals surface area contributed by atoms with Crippen LogP contribution in [-0.4, -0.2) is 26.5 Å². The van der Waals surface area contributed by atoms with Crippen molar-refractivity contribution in [1.29, 1.82) is 5.26 Å². The van der Waals surface area contributed by atoms with Gasteiger partial charge in [-0.1, -0.05) is 12.8 Å². The summed E-state index contributed by atoms with van der Waals surface area (Å²) in [5.74, 6) is 0.106. The first-order chi connectivity index (χ1) is 11.1. The normalized spacial score (nSPS) is 15.0. The molecule has 0 radical (unpaired) electrons. The van der Waals surface area contributed by atoms with E-state index in [2.05, 4.69) is 21.5 Å². The van der Waals surface area contributed by atoms with Crippen molar-refractivity contribution in [3.8, 4) is 6.07 Å². The number of aryl methyl sites for hydroxylation is 2. The number of rotatable bonds is 4. The van der Waals surface area contributed by atoms with Gasteiger partial charge in [0.05, 0.1) is 6.20 Å². The summed E-state index contributed by atoms with van der Waals surface area (Å²) in [5.41, 5.74) is 3.90. The van der Waals surface area contributed by atoms with Crippen LogP contribution in [0.2, 0.25) is 0 Å². The van der Waals surface area contributed by atoms with Gasteiger partial charge < -0.3 is 5.32 Å². The monoisotopic (exact) mass is 311 g/mol. The molecule has 23 heavy (non-hydrogen) atoms. The molecule has 1 aliphatic carbocycles. The van der Waals surface area contributed by atoms with Gasteiger partial charge >= 0.3 is 0 Å². The molecule has 0 bridgehead atoms. The Morgan fingerprint density at radius 1 is 1.43 bits per heavy atom. The van der Waals surface area contributed by atoms with Gasteiger partial charge in [-0.25, -0.2) is 9.50 Å². The maximum absolute atomic E-state index is 12.1. The maximum atomic E-state index is 12.1. The molecule has 3 rings (SSSR count). The third-order valence-electron chi connectivity index (χ3n) is 4.65. The van der Waals surface area contributed by atoms with Crippen molar-refractivity contribution >= 4 is 11.6 Å². The summed E-state index contributed by atoms with van der Waals surface area (Å²) >= 11 is 0. The standard InChI is InChI=1S/C17H21N5O/c1-11-15(7-8-16(23)21-14-5-3-4-6-14)12(2)22-17(20-11)13(9-18)10-19-22/h10,14H,3-8H2,1-2H3,(H,21,23). The highest BCUT2D eigenvalue weighted by Crippen LogP contribution is 2.20. The average molecular weight is 311 g/mol. The first-order valence-electron chi connectivity index (χ1n) is 8.13. The summed E-state index contributed by atoms with van der Waals surface area (Å²) in [6.07, 6.45) is 7.25. The Kier molecular flexibility index (Phi) is 4.28. The largest absolute Gasteiger partial charge is 0.353 e. The quantitative estimate of drug-likeness (QED) is 0.938. The van der Waals surface area contributed by atoms with Crippen LogP contribution >= 0.6 is 0 Å². The number of hydrogen-bond acceptors (Lipinski definition) is 4. The van der Waals surface area contributed by atoms with Crippen LogP contribution in [-0.2, 0) is 11.2 Å². The zero-order chi connectivity index (χ0) is 16.4. The second kappa shape index (κ2) is 6.37. The fraction of sp³-hybridized carbons (Fsp3) is 0.529. The number of nitriles is 1. The fourth-order valence-electron chi connectivity index (χ4n) is 3.36. The van der Waals surface area contributed by atoms with E-state index >= 15 is 0 Å². The molecule has 1 saturated carbocycles. The first-order valence-corrected chi connectivity index (χ1v) is 8.13. The van der Waals surface area contributed by atoms with Gasteiger partial charge in [-0.05, 0) is 38.7 Å². The predicted octanol–water partition coefficient (Wildman–Crippen LogP) is 2.21. The van der Waals surface area contributed by atoms with Gasteiger partial charge in [0.25, 0.3) is 0 Å². The van der Waals surface area contributed by atoms with E-state index in [1.807, 2.05) is 13.8 Å². The van der Waals surface area contributed by atoms with Crippen LogP contribution < -0.4 is 5.32 Å². The van der Waals surface area contributed by atoms with E-state index in [1.54, 1.807) is 4.52 Å². The maximum Gasteiger partial charge on any atom is 0.220 e. The molecule has 120 valence electrons. The van der Waals surface area contributed by atoms with Crippen molar-refractivity contribution in [1.82, 2.24) is 19.9 Å². The van der Waals surface area contributed by atoms with E-state index in [0.29, 0.717) is 30.1 Å². The number of carbonyl (C=O) groups excluding carboxylic acids is 1. The summed E-state index contributed by atoms with van der Waals surface area (Å²) < 4.78 is 1.69. The molecule has 1 fully saturated rings. The molecule has 6 nitrogen and oxygen atoms in total. The average Bonchev–Trinajstić information content (AvgIpc) is 3.16. The molecule has 0 aliphatic heterocycles. The molecule has 2 aromatic heterocycles. The summed E-state index contributed by atoms with van der Waals surface area (Å²) in [5, 5.41) is 16.4. The van der Waals surface area contributed by atoms with Gasteiger partial charge in [-0.3, -0.25) is 4.79 Å². The van der Waals surface area contributed by atoms with Gasteiger partial charge in [-0.15, -0.1) is 0 Å². The number of carbonyl (C=O) groups is 1. The van der Waals surface area contributed by atoms with Gasteiger partial charge in [0.2, 0.25) is 5.91 Å². The van der Waals surface area contributed by atoms with Crippen LogP contribution in [0.5, 0.6) is 0 Å². The van der Waals surface area contributed by atoms with E-state index in [4.69, 9.17) is 5.26 Å². The zero-order valence-electron chi connectivity index (χ0n) is 13.6. The SMILES string of the molecule is Cc1nc2c(C#N)cnn2c(C)c1CCC(=O)NC1CCCC1. The van der Waals surface area contributed by atoms with Crippen LogP contribution in [0.3, 0.4) is 0 Å². The van der Waals surface area contributed by atoms with Crippen molar-refractivity contribution < 1.29 is 4.79 Å². The van der Waals surface area contributed by atoms with Crippen molar-refractivity contribution in [2.24, 2.45) is 0 Å². The molecule has 0 unspecified atom stereocenters. The Morgan fingerprint density at radius 2 is 2.17 bits per heavy atom. The number of aromatic nitrogens is 3. The van der Waals surface area contributed by atoms with E-state index in [9.17, 15) is 4.79 Å². The lowest BCUT2D eigenvalue weighted by atomic mass is 10.1. The Labute approximate surface area is 135 Å².